The van der Waals surface area contributed by atoms with E-state index in [1.807, 2.05) is 37.3 Å². The maximum atomic E-state index is 4.34. The molecule has 0 spiro atoms. The van der Waals surface area contributed by atoms with Crippen LogP contribution < -0.4 is 10.6 Å². The van der Waals surface area contributed by atoms with Gasteiger partial charge < -0.3 is 0 Å². The number of allylic oxidation sites excluding steroid dienone is 7. The van der Waals surface area contributed by atoms with Crippen LogP contribution in [0.2, 0.25) is 0 Å². The average molecular weight is 238 g/mol. The van der Waals surface area contributed by atoms with Crippen molar-refractivity contribution in [3.8, 4) is 0 Å². The van der Waals surface area contributed by atoms with Crippen LogP contribution in [-0.2, 0) is 0 Å². The molecule has 0 bridgehead atoms. The molecule has 1 rings (SSSR count). The number of aromatic nitrogens is 2. The fourth-order valence-electron chi connectivity index (χ4n) is 1.60. The lowest BCUT2D eigenvalue weighted by Crippen LogP contribution is -2.24. The van der Waals surface area contributed by atoms with Crippen LogP contribution in [0, 0.1) is 0 Å². The highest BCUT2D eigenvalue weighted by atomic mass is 15.1. The summed E-state index contributed by atoms with van der Waals surface area (Å²) in [6, 6.07) is 0. The van der Waals surface area contributed by atoms with Crippen LogP contribution in [0.1, 0.15) is 12.6 Å². The van der Waals surface area contributed by atoms with Crippen molar-refractivity contribution in [1.82, 2.24) is 10.2 Å². The molecule has 0 unspecified atom stereocenters. The summed E-state index contributed by atoms with van der Waals surface area (Å²) in [5.41, 5.74) is 1.85. The third-order valence-corrected chi connectivity index (χ3v) is 2.39. The van der Waals surface area contributed by atoms with Crippen molar-refractivity contribution in [2.24, 2.45) is 0 Å². The van der Waals surface area contributed by atoms with Crippen molar-refractivity contribution in [2.75, 3.05) is 0 Å². The molecule has 2 nitrogen and oxygen atoms in total. The van der Waals surface area contributed by atoms with E-state index in [-0.39, 0.29) is 0 Å². The molecular weight excluding hydrogens is 220 g/mol. The summed E-state index contributed by atoms with van der Waals surface area (Å²) in [5, 5.41) is 9.35. The quantitative estimate of drug-likeness (QED) is 0.784. The van der Waals surface area contributed by atoms with Gasteiger partial charge in [0.1, 0.15) is 0 Å². The summed E-state index contributed by atoms with van der Waals surface area (Å²) in [5.74, 6) is 0. The van der Waals surface area contributed by atoms with Crippen LogP contribution in [0.5, 0.6) is 0 Å². The second-order valence-electron chi connectivity index (χ2n) is 3.54. The van der Waals surface area contributed by atoms with Crippen molar-refractivity contribution in [3.05, 3.63) is 72.5 Å². The molecule has 0 atom stereocenters. The van der Waals surface area contributed by atoms with E-state index in [9.17, 15) is 0 Å². The van der Waals surface area contributed by atoms with Crippen molar-refractivity contribution in [2.45, 2.75) is 6.92 Å². The van der Waals surface area contributed by atoms with E-state index in [0.29, 0.717) is 0 Å². The highest BCUT2D eigenvalue weighted by Gasteiger charge is 2.03. The summed E-state index contributed by atoms with van der Waals surface area (Å²) in [7, 11) is 0. The van der Waals surface area contributed by atoms with Crippen LogP contribution in [0.25, 0.3) is 17.7 Å². The van der Waals surface area contributed by atoms with Crippen LogP contribution >= 0.6 is 0 Å². The van der Waals surface area contributed by atoms with Crippen molar-refractivity contribution in [3.63, 3.8) is 0 Å². The zero-order valence-electron chi connectivity index (χ0n) is 10.7. The molecule has 0 amide bonds. The Kier molecular flexibility index (Phi) is 5.39. The van der Waals surface area contributed by atoms with E-state index >= 15 is 0 Å². The summed E-state index contributed by atoms with van der Waals surface area (Å²) in [6.07, 6.45) is 14.9. The normalized spacial score (nSPS) is 14.2. The lowest BCUT2D eigenvalue weighted by molar-refractivity contribution is 1.05. The Morgan fingerprint density at radius 2 is 1.94 bits per heavy atom. The first-order valence-electron chi connectivity index (χ1n) is 5.74. The average Bonchev–Trinajstić information content (AvgIpc) is 2.78. The van der Waals surface area contributed by atoms with Gasteiger partial charge in [0, 0.05) is 10.8 Å². The number of H-pyrrole nitrogens is 1. The highest BCUT2D eigenvalue weighted by molar-refractivity contribution is 5.74. The molecule has 1 heterocycles. The van der Waals surface area contributed by atoms with Crippen molar-refractivity contribution >= 4 is 17.7 Å². The summed E-state index contributed by atoms with van der Waals surface area (Å²) in [6.45, 7) is 13.1. The zero-order chi connectivity index (χ0) is 13.4. The molecule has 0 aliphatic rings. The van der Waals surface area contributed by atoms with E-state index in [1.54, 1.807) is 18.2 Å². The molecule has 0 fully saturated rings. The molecule has 0 radical (unpaired) electrons. The van der Waals surface area contributed by atoms with E-state index in [1.165, 1.54) is 0 Å². The summed E-state index contributed by atoms with van der Waals surface area (Å²) >= 11 is 0. The first kappa shape index (κ1) is 13.7. The first-order valence-corrected chi connectivity index (χ1v) is 5.74. The van der Waals surface area contributed by atoms with Gasteiger partial charge in [-0.05, 0) is 6.92 Å². The van der Waals surface area contributed by atoms with Gasteiger partial charge in [-0.3, -0.25) is 5.10 Å². The number of hydrogen-bond donors (Lipinski definition) is 1. The van der Waals surface area contributed by atoms with Gasteiger partial charge in [-0.1, -0.05) is 68.3 Å². The van der Waals surface area contributed by atoms with Crippen LogP contribution in [-0.4, -0.2) is 10.2 Å². The van der Waals surface area contributed by atoms with E-state index in [0.717, 1.165) is 21.8 Å². The van der Waals surface area contributed by atoms with E-state index in [2.05, 4.69) is 29.9 Å². The smallest absolute Gasteiger partial charge is 0.0999 e. The molecule has 0 aliphatic heterocycles. The Labute approximate surface area is 108 Å². The van der Waals surface area contributed by atoms with Gasteiger partial charge in [-0.25, -0.2) is 0 Å². The number of nitrogens with zero attached hydrogens (tertiary/aromatic N) is 1. The number of aromatic amines is 1. The molecule has 0 aliphatic carbocycles. The van der Waals surface area contributed by atoms with Gasteiger partial charge in [-0.15, -0.1) is 0 Å². The Bertz CT molecular complexity index is 610. The fourth-order valence-corrected chi connectivity index (χ4v) is 1.60. The third-order valence-electron chi connectivity index (χ3n) is 2.39. The Morgan fingerprint density at radius 1 is 1.17 bits per heavy atom. The van der Waals surface area contributed by atoms with Gasteiger partial charge >= 0.3 is 0 Å². The van der Waals surface area contributed by atoms with Crippen LogP contribution in [0.15, 0.2) is 56.2 Å². The third kappa shape index (κ3) is 3.08. The molecule has 92 valence electrons. The second kappa shape index (κ2) is 7.07. The van der Waals surface area contributed by atoms with E-state index in [4.69, 9.17) is 0 Å². The Hall–Kier alpha value is -2.35. The lowest BCUT2D eigenvalue weighted by atomic mass is 10.1. The molecular formula is C16H18N2. The summed E-state index contributed by atoms with van der Waals surface area (Å²) < 4.78 is 0. The Balaban J connectivity index is 3.53. The zero-order valence-corrected chi connectivity index (χ0v) is 10.7. The molecule has 0 saturated carbocycles. The number of hydrogen-bond acceptors (Lipinski definition) is 1. The molecule has 1 N–H and O–H groups in total. The monoisotopic (exact) mass is 238 g/mol. The van der Waals surface area contributed by atoms with Crippen molar-refractivity contribution in [1.29, 1.82) is 0 Å². The number of rotatable bonds is 5. The maximum Gasteiger partial charge on any atom is 0.0999 e. The van der Waals surface area contributed by atoms with Crippen LogP contribution in [0.4, 0.5) is 0 Å². The van der Waals surface area contributed by atoms with Crippen molar-refractivity contribution < 1.29 is 0 Å². The molecule has 0 aromatic carbocycles. The Morgan fingerprint density at radius 3 is 2.50 bits per heavy atom. The summed E-state index contributed by atoms with van der Waals surface area (Å²) in [4.78, 5) is 0. The minimum atomic E-state index is 0.876. The second-order valence-corrected chi connectivity index (χ2v) is 3.54. The molecule has 1 aromatic rings. The standard InChI is InChI=1S/C16H18N2/c1-5-9-12-13(10-6-2)16-14(11-7-3)15(8-4)17-18-16/h5-12,17H,1-3H2,4H3/b12-9-,13-10+,14-11+,15-8+. The largest absolute Gasteiger partial charge is 0.278 e. The number of nitrogens with one attached hydrogen (secondary N) is 1. The van der Waals surface area contributed by atoms with Crippen LogP contribution in [0.3, 0.4) is 0 Å². The molecule has 18 heavy (non-hydrogen) atoms. The first-order chi connectivity index (χ1) is 8.78. The maximum absolute atomic E-state index is 4.34. The predicted molar refractivity (Wildman–Crippen MR) is 80.1 cm³/mol. The predicted octanol–water partition coefficient (Wildman–Crippen LogP) is 2.49. The van der Waals surface area contributed by atoms with Gasteiger partial charge in [0.05, 0.1) is 11.0 Å². The molecule has 1 aromatic heterocycles. The minimum absolute atomic E-state index is 0.876. The lowest BCUT2D eigenvalue weighted by Gasteiger charge is -1.95. The van der Waals surface area contributed by atoms with E-state index < -0.39 is 0 Å². The topological polar surface area (TPSA) is 28.7 Å². The van der Waals surface area contributed by atoms with Gasteiger partial charge in [0.2, 0.25) is 0 Å². The molecule has 2 heteroatoms. The minimum Gasteiger partial charge on any atom is -0.278 e. The highest BCUT2D eigenvalue weighted by Crippen LogP contribution is 2.08. The fraction of sp³-hybridized carbons (Fsp3) is 0.0625. The van der Waals surface area contributed by atoms with Gasteiger partial charge in [-0.2, -0.15) is 5.10 Å². The van der Waals surface area contributed by atoms with Gasteiger partial charge in [0.15, 0.2) is 0 Å². The molecule has 0 saturated heterocycles. The SMILES string of the molecule is C=C/C=C\C(=C/C=C)c1n[nH]c(=C/C)/c1=C\C=C. The van der Waals surface area contributed by atoms with Gasteiger partial charge in [0.25, 0.3) is 0 Å².